The molecule has 1 heterocycles. The van der Waals surface area contributed by atoms with Crippen LogP contribution in [0.5, 0.6) is 0 Å². The molecule has 116 valence electrons. The van der Waals surface area contributed by atoms with Gasteiger partial charge in [-0.25, -0.2) is 0 Å². The van der Waals surface area contributed by atoms with Gasteiger partial charge in [0.2, 0.25) is 0 Å². The molecule has 0 unspecified atom stereocenters. The lowest BCUT2D eigenvalue weighted by Gasteiger charge is -2.27. The lowest BCUT2D eigenvalue weighted by atomic mass is 10.4. The van der Waals surface area contributed by atoms with Gasteiger partial charge in [0.15, 0.2) is 0 Å². The summed E-state index contributed by atoms with van der Waals surface area (Å²) in [5, 5.41) is 0. The molecule has 0 bridgehead atoms. The number of esters is 1. The minimum absolute atomic E-state index is 0.133. The maximum atomic E-state index is 12.6. The molecular formula is C13H24N2O4S. The molecule has 1 aliphatic carbocycles. The molecule has 0 spiro atoms. The van der Waals surface area contributed by atoms with Crippen LogP contribution in [-0.4, -0.2) is 55.8 Å². The smallest absolute Gasteiger partial charge is 0.307 e. The quantitative estimate of drug-likeness (QED) is 0.627. The van der Waals surface area contributed by atoms with Gasteiger partial charge >= 0.3 is 5.97 Å². The maximum Gasteiger partial charge on any atom is 0.307 e. The third kappa shape index (κ3) is 4.17. The summed E-state index contributed by atoms with van der Waals surface area (Å²) >= 11 is 0. The fraction of sp³-hybridized carbons (Fsp3) is 0.923. The maximum absolute atomic E-state index is 12.6. The Morgan fingerprint density at radius 2 is 1.95 bits per heavy atom. The predicted molar refractivity (Wildman–Crippen MR) is 75.3 cm³/mol. The van der Waals surface area contributed by atoms with Crippen molar-refractivity contribution in [3.63, 3.8) is 0 Å². The van der Waals surface area contributed by atoms with E-state index in [0.717, 1.165) is 25.7 Å². The average molecular weight is 304 g/mol. The Morgan fingerprint density at radius 1 is 1.30 bits per heavy atom. The van der Waals surface area contributed by atoms with Crippen molar-refractivity contribution in [3.05, 3.63) is 0 Å². The van der Waals surface area contributed by atoms with Gasteiger partial charge in [-0.2, -0.15) is 17.0 Å². The summed E-state index contributed by atoms with van der Waals surface area (Å²) in [6, 6.07) is 0. The van der Waals surface area contributed by atoms with Crippen LogP contribution < -0.4 is 0 Å². The van der Waals surface area contributed by atoms with Crippen LogP contribution in [0.2, 0.25) is 0 Å². The van der Waals surface area contributed by atoms with Crippen molar-refractivity contribution in [3.8, 4) is 0 Å². The number of ether oxygens (including phenoxy) is 1. The summed E-state index contributed by atoms with van der Waals surface area (Å²) in [5.74, 6) is 0.138. The monoisotopic (exact) mass is 304 g/mol. The predicted octanol–water partition coefficient (Wildman–Crippen LogP) is 0.992. The number of nitrogens with zero attached hydrogens (tertiary/aromatic N) is 2. The van der Waals surface area contributed by atoms with Gasteiger partial charge in [-0.3, -0.25) is 4.79 Å². The molecule has 1 saturated heterocycles. The van der Waals surface area contributed by atoms with Gasteiger partial charge < -0.3 is 4.74 Å². The van der Waals surface area contributed by atoms with Crippen LogP contribution in [-0.2, 0) is 19.7 Å². The van der Waals surface area contributed by atoms with Crippen LogP contribution in [0, 0.1) is 5.92 Å². The number of hydrogen-bond donors (Lipinski definition) is 0. The van der Waals surface area contributed by atoms with Crippen molar-refractivity contribution >= 4 is 16.2 Å². The molecule has 0 aromatic heterocycles. The molecule has 0 amide bonds. The minimum atomic E-state index is -3.41. The van der Waals surface area contributed by atoms with Crippen molar-refractivity contribution in [1.29, 1.82) is 0 Å². The van der Waals surface area contributed by atoms with Crippen LogP contribution in [0.15, 0.2) is 0 Å². The van der Waals surface area contributed by atoms with E-state index in [2.05, 4.69) is 0 Å². The van der Waals surface area contributed by atoms with E-state index in [0.29, 0.717) is 32.2 Å². The second-order valence-electron chi connectivity index (χ2n) is 5.47. The lowest BCUT2D eigenvalue weighted by molar-refractivity contribution is -0.143. The van der Waals surface area contributed by atoms with E-state index in [9.17, 15) is 13.2 Å². The third-order valence-electron chi connectivity index (χ3n) is 3.75. The van der Waals surface area contributed by atoms with Gasteiger partial charge in [0.1, 0.15) is 0 Å². The van der Waals surface area contributed by atoms with Crippen molar-refractivity contribution in [1.82, 2.24) is 8.61 Å². The van der Waals surface area contributed by atoms with Crippen molar-refractivity contribution in [2.45, 2.75) is 39.0 Å². The van der Waals surface area contributed by atoms with Gasteiger partial charge in [0, 0.05) is 26.2 Å². The summed E-state index contributed by atoms with van der Waals surface area (Å²) in [7, 11) is -3.41. The molecule has 20 heavy (non-hydrogen) atoms. The fourth-order valence-electron chi connectivity index (χ4n) is 2.42. The van der Waals surface area contributed by atoms with E-state index in [1.807, 2.05) is 0 Å². The van der Waals surface area contributed by atoms with Crippen LogP contribution in [0.3, 0.4) is 0 Å². The summed E-state index contributed by atoms with van der Waals surface area (Å²) in [6.45, 7) is 4.05. The first-order valence-electron chi connectivity index (χ1n) is 7.45. The molecule has 2 rings (SSSR count). The van der Waals surface area contributed by atoms with Gasteiger partial charge in [0.05, 0.1) is 13.0 Å². The number of carbonyl (C=O) groups excluding carboxylic acids is 1. The van der Waals surface area contributed by atoms with Crippen LogP contribution in [0.4, 0.5) is 0 Å². The summed E-state index contributed by atoms with van der Waals surface area (Å²) in [4.78, 5) is 11.4. The molecule has 2 fully saturated rings. The van der Waals surface area contributed by atoms with E-state index in [1.54, 1.807) is 11.2 Å². The second-order valence-corrected chi connectivity index (χ2v) is 7.40. The van der Waals surface area contributed by atoms with Gasteiger partial charge in [-0.15, -0.1) is 0 Å². The Labute approximate surface area is 121 Å². The Morgan fingerprint density at radius 3 is 2.50 bits per heavy atom. The molecule has 0 aromatic carbocycles. The van der Waals surface area contributed by atoms with Crippen molar-refractivity contribution in [2.75, 3.05) is 32.8 Å². The zero-order chi connectivity index (χ0) is 14.6. The summed E-state index contributed by atoms with van der Waals surface area (Å²) in [6.07, 6.45) is 4.16. The van der Waals surface area contributed by atoms with E-state index in [1.165, 1.54) is 4.31 Å². The zero-order valence-electron chi connectivity index (χ0n) is 12.1. The van der Waals surface area contributed by atoms with E-state index in [4.69, 9.17) is 4.74 Å². The molecule has 2 aliphatic rings. The first-order valence-corrected chi connectivity index (χ1v) is 8.84. The molecular weight excluding hydrogens is 280 g/mol. The summed E-state index contributed by atoms with van der Waals surface area (Å²) in [5.41, 5.74) is 0. The number of hydrogen-bond acceptors (Lipinski definition) is 4. The number of rotatable bonds is 8. The van der Waals surface area contributed by atoms with E-state index < -0.39 is 10.2 Å². The Bertz CT molecular complexity index is 428. The minimum Gasteiger partial charge on any atom is -0.466 e. The van der Waals surface area contributed by atoms with E-state index >= 15 is 0 Å². The van der Waals surface area contributed by atoms with Crippen molar-refractivity contribution < 1.29 is 17.9 Å². The lowest BCUT2D eigenvalue weighted by Crippen LogP contribution is -2.44. The SMILES string of the molecule is CCOC(=O)CCN(CC1CC1)S(=O)(=O)N1CCCC1. The third-order valence-corrected chi connectivity index (χ3v) is 5.75. The first kappa shape index (κ1) is 15.7. The first-order chi connectivity index (χ1) is 9.54. The fourth-order valence-corrected chi connectivity index (χ4v) is 4.19. The molecule has 1 aliphatic heterocycles. The normalized spacial score (nSPS) is 20.5. The van der Waals surface area contributed by atoms with Crippen LogP contribution in [0.25, 0.3) is 0 Å². The van der Waals surface area contributed by atoms with Crippen molar-refractivity contribution in [2.24, 2.45) is 5.92 Å². The second kappa shape index (κ2) is 6.87. The van der Waals surface area contributed by atoms with Gasteiger partial charge in [0.25, 0.3) is 10.2 Å². The molecule has 1 saturated carbocycles. The van der Waals surface area contributed by atoms with E-state index in [-0.39, 0.29) is 18.9 Å². The summed E-state index contributed by atoms with van der Waals surface area (Å²) < 4.78 is 33.0. The molecule has 0 N–H and O–H groups in total. The topological polar surface area (TPSA) is 66.9 Å². The Balaban J connectivity index is 1.96. The molecule has 7 heteroatoms. The highest BCUT2D eigenvalue weighted by Gasteiger charge is 2.35. The average Bonchev–Trinajstić information content (AvgIpc) is 3.04. The van der Waals surface area contributed by atoms with Gasteiger partial charge in [-0.05, 0) is 38.5 Å². The highest BCUT2D eigenvalue weighted by Crippen LogP contribution is 2.31. The Kier molecular flexibility index (Phi) is 5.40. The highest BCUT2D eigenvalue weighted by atomic mass is 32.2. The highest BCUT2D eigenvalue weighted by molar-refractivity contribution is 7.86. The zero-order valence-corrected chi connectivity index (χ0v) is 12.9. The standard InChI is InChI=1S/C13H24N2O4S/c1-2-19-13(16)7-10-15(11-12-5-6-12)20(17,18)14-8-3-4-9-14/h12H,2-11H2,1H3. The molecule has 0 radical (unpaired) electrons. The Hall–Kier alpha value is -0.660. The largest absolute Gasteiger partial charge is 0.466 e. The number of carbonyl (C=O) groups is 1. The van der Waals surface area contributed by atoms with Crippen LogP contribution in [0.1, 0.15) is 39.0 Å². The molecule has 6 nitrogen and oxygen atoms in total. The van der Waals surface area contributed by atoms with Crippen LogP contribution >= 0.6 is 0 Å². The molecule has 0 aromatic rings. The van der Waals surface area contributed by atoms with Gasteiger partial charge in [-0.1, -0.05) is 0 Å². The molecule has 0 atom stereocenters.